The van der Waals surface area contributed by atoms with E-state index < -0.39 is 23.4 Å². The van der Waals surface area contributed by atoms with Crippen molar-refractivity contribution in [3.05, 3.63) is 124 Å². The summed E-state index contributed by atoms with van der Waals surface area (Å²) < 4.78 is 26.2. The number of carbonyl (C=O) groups excluding carboxylic acids is 1. The lowest BCUT2D eigenvalue weighted by atomic mass is 9.83. The van der Waals surface area contributed by atoms with Gasteiger partial charge >= 0.3 is 0 Å². The fourth-order valence-corrected chi connectivity index (χ4v) is 4.52. The first kappa shape index (κ1) is 29.3. The number of halogens is 1. The molecule has 3 aromatic carbocycles. The monoisotopic (exact) mass is 558 g/mol. The molecule has 0 unspecified atom stereocenters. The number of benzene rings is 3. The van der Waals surface area contributed by atoms with E-state index in [1.165, 1.54) is 6.07 Å². The van der Waals surface area contributed by atoms with Crippen molar-refractivity contribution in [3.63, 3.8) is 0 Å². The van der Waals surface area contributed by atoms with Crippen LogP contribution in [0, 0.1) is 5.82 Å². The molecule has 3 N–H and O–H groups in total. The van der Waals surface area contributed by atoms with Crippen molar-refractivity contribution in [2.75, 3.05) is 13.2 Å². The third kappa shape index (κ3) is 6.90. The highest BCUT2D eigenvalue weighted by atomic mass is 19.1. The van der Waals surface area contributed by atoms with Crippen LogP contribution in [0.1, 0.15) is 41.2 Å². The number of amides is 1. The second-order valence-electron chi connectivity index (χ2n) is 9.27. The van der Waals surface area contributed by atoms with Gasteiger partial charge in [0.15, 0.2) is 11.6 Å². The molecule has 0 aliphatic carbocycles. The fraction of sp³-hybridized carbons (Fsp3) is 0.267. The molecule has 212 valence electrons. The zero-order chi connectivity index (χ0) is 29.1. The molecule has 1 aliphatic heterocycles. The minimum Gasteiger partial charge on any atom is -0.494 e. The van der Waals surface area contributed by atoms with Crippen LogP contribution in [0.5, 0.6) is 5.75 Å². The minimum atomic E-state index is -1.48. The highest BCUT2D eigenvalue weighted by Crippen LogP contribution is 2.44. The summed E-state index contributed by atoms with van der Waals surface area (Å²) in [5.41, 5.74) is 15.2. The van der Waals surface area contributed by atoms with Gasteiger partial charge in [0.1, 0.15) is 11.6 Å². The average molecular weight is 559 g/mol. The van der Waals surface area contributed by atoms with Gasteiger partial charge in [0, 0.05) is 42.0 Å². The Morgan fingerprint density at radius 3 is 2.61 bits per heavy atom. The minimum absolute atomic E-state index is 0.0356. The Labute approximate surface area is 237 Å². The van der Waals surface area contributed by atoms with Gasteiger partial charge in [-0.1, -0.05) is 53.7 Å². The summed E-state index contributed by atoms with van der Waals surface area (Å²) in [7, 11) is 0. The van der Waals surface area contributed by atoms with E-state index in [4.69, 9.17) is 25.1 Å². The predicted octanol–water partition coefficient (Wildman–Crippen LogP) is 5.05. The van der Waals surface area contributed by atoms with Crippen molar-refractivity contribution in [1.29, 1.82) is 0 Å². The SMILES string of the molecule is C=CC[C@]1(C(=O)NNCc2ccccc2F)N=C(c2ccc(OCCCO)cc2)O[C@H]1c1ccccc1CN=[N+]=[N-]. The van der Waals surface area contributed by atoms with Crippen LogP contribution in [0.15, 0.2) is 95.6 Å². The average Bonchev–Trinajstić information content (AvgIpc) is 3.38. The zero-order valence-electron chi connectivity index (χ0n) is 22.4. The van der Waals surface area contributed by atoms with Gasteiger partial charge in [-0.25, -0.2) is 14.8 Å². The highest BCUT2D eigenvalue weighted by Gasteiger charge is 2.53. The maximum Gasteiger partial charge on any atom is 0.266 e. The molecule has 0 spiro atoms. The second kappa shape index (κ2) is 14.1. The standard InChI is InChI=1S/C30H31FN6O4/c1-2-16-30(29(39)36-33-20-23-9-4-6-11-26(23)31)27(25-10-5-3-8-22(25)19-34-37-32)41-28(35-30)21-12-14-24(15-13-21)40-18-7-17-38/h2-6,8-15,27,33,38H,1,7,16-20H2,(H,36,39)/t27-,30-/m0/s1. The molecule has 1 amide bonds. The van der Waals surface area contributed by atoms with E-state index in [0.717, 1.165) is 0 Å². The first-order valence-corrected chi connectivity index (χ1v) is 13.1. The molecule has 0 saturated heterocycles. The summed E-state index contributed by atoms with van der Waals surface area (Å²) in [4.78, 5) is 21.6. The number of hydrazine groups is 1. The fourth-order valence-electron chi connectivity index (χ4n) is 4.52. The summed E-state index contributed by atoms with van der Waals surface area (Å²) in [5.74, 6) is -0.0458. The number of azide groups is 1. The van der Waals surface area contributed by atoms with Crippen LogP contribution in [-0.2, 0) is 22.6 Å². The van der Waals surface area contributed by atoms with Crippen molar-refractivity contribution >= 4 is 11.8 Å². The third-order valence-corrected chi connectivity index (χ3v) is 6.57. The Hall–Kier alpha value is -4.70. The second-order valence-corrected chi connectivity index (χ2v) is 9.27. The molecular weight excluding hydrogens is 527 g/mol. The summed E-state index contributed by atoms with van der Waals surface area (Å²) in [6.07, 6.45) is 1.33. The number of aliphatic imine (C=N–C) groups is 1. The molecule has 41 heavy (non-hydrogen) atoms. The number of nitrogens with one attached hydrogen (secondary N) is 2. The molecule has 4 rings (SSSR count). The molecule has 0 aromatic heterocycles. The quantitative estimate of drug-likeness (QED) is 0.0634. The van der Waals surface area contributed by atoms with E-state index in [1.54, 1.807) is 60.7 Å². The van der Waals surface area contributed by atoms with Crippen molar-refractivity contribution < 1.29 is 23.8 Å². The molecule has 2 atom stereocenters. The number of hydrogen-bond donors (Lipinski definition) is 3. The maximum atomic E-state index is 14.1. The number of rotatable bonds is 14. The number of nitrogens with zero attached hydrogens (tertiary/aromatic N) is 4. The molecule has 0 fully saturated rings. The number of aliphatic hydroxyl groups excluding tert-OH is 1. The lowest BCUT2D eigenvalue weighted by Gasteiger charge is -2.30. The molecule has 1 heterocycles. The van der Waals surface area contributed by atoms with Gasteiger partial charge in [0.2, 0.25) is 5.90 Å². The number of hydrogen-bond acceptors (Lipinski definition) is 7. The smallest absolute Gasteiger partial charge is 0.266 e. The zero-order valence-corrected chi connectivity index (χ0v) is 22.4. The van der Waals surface area contributed by atoms with Gasteiger partial charge in [-0.15, -0.1) is 6.58 Å². The van der Waals surface area contributed by atoms with E-state index in [-0.39, 0.29) is 32.0 Å². The Balaban J connectivity index is 1.68. The van der Waals surface area contributed by atoms with Gasteiger partial charge in [-0.3, -0.25) is 10.2 Å². The summed E-state index contributed by atoms with van der Waals surface area (Å²) >= 11 is 0. The Morgan fingerprint density at radius 1 is 1.17 bits per heavy atom. The third-order valence-electron chi connectivity index (χ3n) is 6.57. The van der Waals surface area contributed by atoms with E-state index in [9.17, 15) is 9.18 Å². The van der Waals surface area contributed by atoms with Crippen molar-refractivity contribution in [3.8, 4) is 5.75 Å². The van der Waals surface area contributed by atoms with Crippen LogP contribution < -0.4 is 15.6 Å². The van der Waals surface area contributed by atoms with E-state index in [0.29, 0.717) is 41.0 Å². The van der Waals surface area contributed by atoms with Gasteiger partial charge < -0.3 is 14.6 Å². The Morgan fingerprint density at radius 2 is 1.90 bits per heavy atom. The number of carbonyl (C=O) groups is 1. The number of ether oxygens (including phenoxy) is 2. The molecule has 0 saturated carbocycles. The summed E-state index contributed by atoms with van der Waals surface area (Å²) in [5, 5.41) is 12.7. The van der Waals surface area contributed by atoms with E-state index >= 15 is 0 Å². The molecule has 1 aliphatic rings. The molecule has 3 aromatic rings. The molecule has 11 heteroatoms. The van der Waals surface area contributed by atoms with Gasteiger partial charge in [0.25, 0.3) is 5.91 Å². The van der Waals surface area contributed by atoms with Gasteiger partial charge in [0.05, 0.1) is 13.2 Å². The van der Waals surface area contributed by atoms with Crippen LogP contribution in [0.4, 0.5) is 4.39 Å². The lowest BCUT2D eigenvalue weighted by Crippen LogP contribution is -2.52. The molecular formula is C30H31FN6O4. The topological polar surface area (TPSA) is 141 Å². The Bertz CT molecular complexity index is 1440. The van der Waals surface area contributed by atoms with Crippen LogP contribution in [0.3, 0.4) is 0 Å². The number of aliphatic hydroxyl groups is 1. The van der Waals surface area contributed by atoms with Crippen LogP contribution in [0.25, 0.3) is 10.4 Å². The first-order valence-electron chi connectivity index (χ1n) is 13.1. The van der Waals surface area contributed by atoms with Crippen LogP contribution >= 0.6 is 0 Å². The lowest BCUT2D eigenvalue weighted by molar-refractivity contribution is -0.130. The normalized spacial score (nSPS) is 17.6. The van der Waals surface area contributed by atoms with E-state index in [2.05, 4.69) is 27.5 Å². The molecule has 0 bridgehead atoms. The van der Waals surface area contributed by atoms with Gasteiger partial charge in [-0.05, 0) is 47.0 Å². The molecule has 0 radical (unpaired) electrons. The van der Waals surface area contributed by atoms with Crippen LogP contribution in [0.2, 0.25) is 0 Å². The Kier molecular flexibility index (Phi) is 10.1. The van der Waals surface area contributed by atoms with E-state index in [1.807, 2.05) is 12.1 Å². The summed E-state index contributed by atoms with van der Waals surface area (Å²) in [6.45, 7) is 4.38. The van der Waals surface area contributed by atoms with Crippen molar-refractivity contribution in [2.24, 2.45) is 10.1 Å². The predicted molar refractivity (Wildman–Crippen MR) is 152 cm³/mol. The first-order chi connectivity index (χ1) is 20.0. The molecule has 10 nitrogen and oxygen atoms in total. The summed E-state index contributed by atoms with van der Waals surface area (Å²) in [6, 6.07) is 20.6. The van der Waals surface area contributed by atoms with Crippen molar-refractivity contribution in [1.82, 2.24) is 10.9 Å². The van der Waals surface area contributed by atoms with Crippen LogP contribution in [-0.4, -0.2) is 35.7 Å². The van der Waals surface area contributed by atoms with Crippen molar-refractivity contribution in [2.45, 2.75) is 37.6 Å². The highest BCUT2D eigenvalue weighted by molar-refractivity contribution is 6.01. The van der Waals surface area contributed by atoms with Gasteiger partial charge in [-0.2, -0.15) is 0 Å². The maximum absolute atomic E-state index is 14.1. The largest absolute Gasteiger partial charge is 0.494 e.